The summed E-state index contributed by atoms with van der Waals surface area (Å²) in [6, 6.07) is 9.84. The smallest absolute Gasteiger partial charge is 0.228 e. The number of ether oxygens (including phenoxy) is 1. The van der Waals surface area contributed by atoms with E-state index in [2.05, 4.69) is 58.8 Å². The summed E-state index contributed by atoms with van der Waals surface area (Å²) >= 11 is 2.35. The van der Waals surface area contributed by atoms with Crippen molar-refractivity contribution in [3.63, 3.8) is 0 Å². The maximum Gasteiger partial charge on any atom is 0.228 e. The van der Waals surface area contributed by atoms with Gasteiger partial charge in [-0.05, 0) is 72.5 Å². The molecule has 5 heteroatoms. The van der Waals surface area contributed by atoms with Gasteiger partial charge in [-0.2, -0.15) is 0 Å². The van der Waals surface area contributed by atoms with Crippen molar-refractivity contribution in [1.29, 1.82) is 0 Å². The molecule has 0 N–H and O–H groups in total. The van der Waals surface area contributed by atoms with Crippen molar-refractivity contribution in [1.82, 2.24) is 9.80 Å². The van der Waals surface area contributed by atoms with E-state index in [1.807, 2.05) is 4.90 Å². The second kappa shape index (κ2) is 6.92. The van der Waals surface area contributed by atoms with Gasteiger partial charge in [-0.1, -0.05) is 12.1 Å². The van der Waals surface area contributed by atoms with Crippen molar-refractivity contribution in [3.05, 3.63) is 33.4 Å². The number of carbonyl (C=O) groups excluding carboxylic acids is 1. The third-order valence-corrected chi connectivity index (χ3v) is 6.89. The molecule has 24 heavy (non-hydrogen) atoms. The molecule has 2 bridgehead atoms. The molecule has 1 aromatic rings. The van der Waals surface area contributed by atoms with Crippen molar-refractivity contribution >= 4 is 28.5 Å². The summed E-state index contributed by atoms with van der Waals surface area (Å²) in [4.78, 5) is 17.9. The van der Waals surface area contributed by atoms with Gasteiger partial charge in [-0.15, -0.1) is 0 Å². The van der Waals surface area contributed by atoms with E-state index in [1.54, 1.807) is 0 Å². The molecule has 0 aromatic heterocycles. The van der Waals surface area contributed by atoms with Crippen LogP contribution in [-0.4, -0.2) is 61.1 Å². The molecule has 1 amide bonds. The number of amides is 1. The predicted octanol–water partition coefficient (Wildman–Crippen LogP) is 2.72. The van der Waals surface area contributed by atoms with Gasteiger partial charge in [0.25, 0.3) is 0 Å². The fraction of sp³-hybridized carbons (Fsp3) is 0.632. The molecule has 4 atom stereocenters. The maximum absolute atomic E-state index is 13.4. The Morgan fingerprint density at radius 2 is 1.88 bits per heavy atom. The molecule has 0 aliphatic carbocycles. The van der Waals surface area contributed by atoms with E-state index in [-0.39, 0.29) is 5.92 Å². The number of carbonyl (C=O) groups is 1. The van der Waals surface area contributed by atoms with E-state index in [9.17, 15) is 4.79 Å². The van der Waals surface area contributed by atoms with Gasteiger partial charge in [-0.25, -0.2) is 0 Å². The predicted molar refractivity (Wildman–Crippen MR) is 102 cm³/mol. The zero-order valence-corrected chi connectivity index (χ0v) is 16.3. The summed E-state index contributed by atoms with van der Waals surface area (Å²) in [6.07, 6.45) is 3.49. The zero-order valence-electron chi connectivity index (χ0n) is 14.2. The summed E-state index contributed by atoms with van der Waals surface area (Å²) in [6.45, 7) is 2.84. The number of fused-ring (bicyclic) bond motifs is 2. The molecule has 0 saturated carbocycles. The van der Waals surface area contributed by atoms with Gasteiger partial charge in [-0.3, -0.25) is 9.69 Å². The Morgan fingerprint density at radius 3 is 2.58 bits per heavy atom. The van der Waals surface area contributed by atoms with Crippen molar-refractivity contribution in [2.45, 2.75) is 37.3 Å². The Kier molecular flexibility index (Phi) is 4.84. The van der Waals surface area contributed by atoms with Gasteiger partial charge in [0, 0.05) is 28.7 Å². The van der Waals surface area contributed by atoms with Crippen molar-refractivity contribution < 1.29 is 9.53 Å². The van der Waals surface area contributed by atoms with Crippen LogP contribution in [0.25, 0.3) is 0 Å². The van der Waals surface area contributed by atoms with Crippen LogP contribution in [0.2, 0.25) is 0 Å². The second-order valence-electron chi connectivity index (χ2n) is 7.32. The van der Waals surface area contributed by atoms with Crippen LogP contribution in [0.15, 0.2) is 24.3 Å². The molecular formula is C19H25IN2O2. The minimum atomic E-state index is 0.0897. The van der Waals surface area contributed by atoms with Gasteiger partial charge in [0.05, 0.1) is 19.1 Å². The first kappa shape index (κ1) is 16.8. The average molecular weight is 440 g/mol. The van der Waals surface area contributed by atoms with Crippen molar-refractivity contribution in [3.8, 4) is 0 Å². The van der Waals surface area contributed by atoms with Crippen LogP contribution in [0.5, 0.6) is 0 Å². The Bertz CT molecular complexity index is 600. The first-order chi connectivity index (χ1) is 11.6. The molecule has 4 rings (SSSR count). The number of piperidine rings is 1. The van der Waals surface area contributed by atoms with Crippen LogP contribution >= 0.6 is 22.6 Å². The van der Waals surface area contributed by atoms with Gasteiger partial charge in [0.2, 0.25) is 5.91 Å². The van der Waals surface area contributed by atoms with E-state index in [0.29, 0.717) is 37.1 Å². The zero-order chi connectivity index (χ0) is 16.7. The molecule has 3 aliphatic heterocycles. The Hall–Kier alpha value is -0.660. The minimum Gasteiger partial charge on any atom is -0.378 e. The molecule has 4 nitrogen and oxygen atoms in total. The topological polar surface area (TPSA) is 32.8 Å². The highest BCUT2D eigenvalue weighted by Crippen LogP contribution is 2.47. The summed E-state index contributed by atoms with van der Waals surface area (Å²) in [7, 11) is 2.21. The quantitative estimate of drug-likeness (QED) is 0.664. The lowest BCUT2D eigenvalue weighted by molar-refractivity contribution is -0.144. The first-order valence-corrected chi connectivity index (χ1v) is 10.1. The van der Waals surface area contributed by atoms with Crippen LogP contribution < -0.4 is 0 Å². The molecule has 4 unspecified atom stereocenters. The monoisotopic (exact) mass is 440 g/mol. The molecule has 3 aliphatic rings. The number of rotatable bonds is 2. The van der Waals surface area contributed by atoms with E-state index in [1.165, 1.54) is 15.6 Å². The fourth-order valence-corrected chi connectivity index (χ4v) is 5.21. The average Bonchev–Trinajstić information content (AvgIpc) is 2.85. The first-order valence-electron chi connectivity index (χ1n) is 8.99. The van der Waals surface area contributed by atoms with Crippen LogP contribution in [0, 0.1) is 9.49 Å². The number of hydrogen-bond acceptors (Lipinski definition) is 3. The normalized spacial score (nSPS) is 33.7. The van der Waals surface area contributed by atoms with E-state index < -0.39 is 0 Å². The minimum absolute atomic E-state index is 0.0897. The lowest BCUT2D eigenvalue weighted by Gasteiger charge is -2.44. The molecule has 3 fully saturated rings. The van der Waals surface area contributed by atoms with Gasteiger partial charge < -0.3 is 9.64 Å². The number of halogens is 1. The summed E-state index contributed by atoms with van der Waals surface area (Å²) in [5.41, 5.74) is 1.34. The molecule has 130 valence electrons. The standard InChI is InChI=1S/C19H25IN2O2/c1-21-15-6-7-17(21)18(19(23)22-8-10-24-11-9-22)16(12-15)13-2-4-14(20)5-3-13/h2-5,15-18H,6-12H2,1H3. The van der Waals surface area contributed by atoms with Crippen molar-refractivity contribution in [2.24, 2.45) is 5.92 Å². The highest BCUT2D eigenvalue weighted by Gasteiger charge is 2.50. The third-order valence-electron chi connectivity index (χ3n) is 6.17. The summed E-state index contributed by atoms with van der Waals surface area (Å²) in [5.74, 6) is 0.789. The number of morpholine rings is 1. The lowest BCUT2D eigenvalue weighted by Crippen LogP contribution is -2.54. The molecule has 3 saturated heterocycles. The largest absolute Gasteiger partial charge is 0.378 e. The van der Waals surface area contributed by atoms with Gasteiger partial charge >= 0.3 is 0 Å². The lowest BCUT2D eigenvalue weighted by atomic mass is 9.75. The highest BCUT2D eigenvalue weighted by atomic mass is 127. The number of nitrogens with zero attached hydrogens (tertiary/aromatic N) is 2. The molecule has 0 spiro atoms. The Balaban J connectivity index is 1.65. The summed E-state index contributed by atoms with van der Waals surface area (Å²) < 4.78 is 6.69. The summed E-state index contributed by atoms with van der Waals surface area (Å²) in [5, 5.41) is 0. The fourth-order valence-electron chi connectivity index (χ4n) is 4.85. The molecule has 0 radical (unpaired) electrons. The Labute approximate surface area is 157 Å². The van der Waals surface area contributed by atoms with E-state index in [0.717, 1.165) is 25.9 Å². The van der Waals surface area contributed by atoms with Gasteiger partial charge in [0.15, 0.2) is 0 Å². The molecular weight excluding hydrogens is 415 g/mol. The van der Waals surface area contributed by atoms with Crippen LogP contribution in [0.3, 0.4) is 0 Å². The van der Waals surface area contributed by atoms with Crippen LogP contribution in [-0.2, 0) is 9.53 Å². The SMILES string of the molecule is CN1C2CCC1C(C(=O)N1CCOCC1)C(c1ccc(I)cc1)C2. The van der Waals surface area contributed by atoms with E-state index >= 15 is 0 Å². The van der Waals surface area contributed by atoms with Crippen LogP contribution in [0.1, 0.15) is 30.7 Å². The van der Waals surface area contributed by atoms with Gasteiger partial charge in [0.1, 0.15) is 0 Å². The van der Waals surface area contributed by atoms with Crippen LogP contribution in [0.4, 0.5) is 0 Å². The Morgan fingerprint density at radius 1 is 1.17 bits per heavy atom. The maximum atomic E-state index is 13.4. The van der Waals surface area contributed by atoms with E-state index in [4.69, 9.17) is 4.74 Å². The highest BCUT2D eigenvalue weighted by molar-refractivity contribution is 14.1. The van der Waals surface area contributed by atoms with Crippen molar-refractivity contribution in [2.75, 3.05) is 33.4 Å². The number of hydrogen-bond donors (Lipinski definition) is 0. The molecule has 3 heterocycles. The number of benzene rings is 1. The second-order valence-corrected chi connectivity index (χ2v) is 8.57. The third kappa shape index (κ3) is 2.99. The molecule has 1 aromatic carbocycles.